The van der Waals surface area contributed by atoms with Gasteiger partial charge in [0.25, 0.3) is 0 Å². The van der Waals surface area contributed by atoms with Gasteiger partial charge in [-0.3, -0.25) is 0 Å². The molecular weight excluding hydrogens is 330 g/mol. The van der Waals surface area contributed by atoms with Crippen molar-refractivity contribution in [1.29, 1.82) is 0 Å². The summed E-state index contributed by atoms with van der Waals surface area (Å²) < 4.78 is 32.5. The highest BCUT2D eigenvalue weighted by atomic mass is 79.9. The molecule has 6 heteroatoms. The second-order valence-electron chi connectivity index (χ2n) is 4.91. The number of piperidine rings is 1. The Bertz CT molecular complexity index is 559. The van der Waals surface area contributed by atoms with Crippen LogP contribution < -0.4 is 4.74 Å². The molecule has 0 bridgehead atoms. The zero-order chi connectivity index (χ0) is 14.0. The topological polar surface area (TPSA) is 46.6 Å². The van der Waals surface area contributed by atoms with Gasteiger partial charge >= 0.3 is 0 Å². The van der Waals surface area contributed by atoms with Crippen LogP contribution in [0.5, 0.6) is 5.75 Å². The Labute approximate surface area is 122 Å². The molecule has 0 spiro atoms. The molecule has 1 unspecified atom stereocenters. The van der Waals surface area contributed by atoms with Gasteiger partial charge in [0.15, 0.2) is 0 Å². The summed E-state index contributed by atoms with van der Waals surface area (Å²) in [6, 6.07) is 4.87. The van der Waals surface area contributed by atoms with Gasteiger partial charge in [0.2, 0.25) is 10.0 Å². The molecule has 1 aliphatic rings. The Morgan fingerprint density at radius 3 is 2.74 bits per heavy atom. The summed E-state index contributed by atoms with van der Waals surface area (Å²) in [5.41, 5.74) is 0. The first-order chi connectivity index (χ1) is 8.95. The first kappa shape index (κ1) is 14.8. The molecule has 1 atom stereocenters. The molecule has 0 N–H and O–H groups in total. The molecule has 0 saturated carbocycles. The smallest absolute Gasteiger partial charge is 0.243 e. The van der Waals surface area contributed by atoms with E-state index in [1.54, 1.807) is 29.6 Å². The average molecular weight is 348 g/mol. The molecule has 0 aromatic heterocycles. The summed E-state index contributed by atoms with van der Waals surface area (Å²) in [6.45, 7) is 3.30. The molecule has 0 radical (unpaired) electrons. The van der Waals surface area contributed by atoms with Crippen molar-refractivity contribution in [3.8, 4) is 5.75 Å². The predicted molar refractivity (Wildman–Crippen MR) is 77.9 cm³/mol. The first-order valence-corrected chi connectivity index (χ1v) is 8.52. The van der Waals surface area contributed by atoms with E-state index in [1.807, 2.05) is 0 Å². The number of methoxy groups -OCH3 is 1. The third-order valence-corrected chi connectivity index (χ3v) is 5.86. The van der Waals surface area contributed by atoms with Crippen LogP contribution in [0.3, 0.4) is 0 Å². The van der Waals surface area contributed by atoms with Crippen molar-refractivity contribution in [2.24, 2.45) is 5.92 Å². The summed E-state index contributed by atoms with van der Waals surface area (Å²) in [5, 5.41) is 0. The van der Waals surface area contributed by atoms with E-state index in [2.05, 4.69) is 22.9 Å². The van der Waals surface area contributed by atoms with Gasteiger partial charge in [-0.05, 0) is 52.9 Å². The SMILES string of the molecule is COc1ccc(S(=O)(=O)N2CCCC(C)C2)cc1Br. The van der Waals surface area contributed by atoms with Gasteiger partial charge in [-0.15, -0.1) is 0 Å². The van der Waals surface area contributed by atoms with Crippen LogP contribution in [0, 0.1) is 5.92 Å². The number of halogens is 1. The van der Waals surface area contributed by atoms with Gasteiger partial charge < -0.3 is 4.74 Å². The number of hydrogen-bond donors (Lipinski definition) is 0. The van der Waals surface area contributed by atoms with Crippen LogP contribution in [-0.4, -0.2) is 32.9 Å². The number of rotatable bonds is 3. The Balaban J connectivity index is 2.31. The molecule has 1 aromatic rings. The van der Waals surface area contributed by atoms with Crippen molar-refractivity contribution in [2.45, 2.75) is 24.7 Å². The standard InChI is InChI=1S/C13H18BrNO3S/c1-10-4-3-7-15(9-10)19(16,17)11-5-6-13(18-2)12(14)8-11/h5-6,8,10H,3-4,7,9H2,1-2H3. The molecule has 0 aliphatic carbocycles. The molecule has 1 aliphatic heterocycles. The van der Waals surface area contributed by atoms with E-state index in [0.717, 1.165) is 12.8 Å². The van der Waals surface area contributed by atoms with Gasteiger partial charge in [0.1, 0.15) is 5.75 Å². The van der Waals surface area contributed by atoms with E-state index in [-0.39, 0.29) is 0 Å². The van der Waals surface area contributed by atoms with Crippen molar-refractivity contribution in [3.05, 3.63) is 22.7 Å². The summed E-state index contributed by atoms with van der Waals surface area (Å²) in [7, 11) is -1.84. The fourth-order valence-corrected chi connectivity index (χ4v) is 4.64. The first-order valence-electron chi connectivity index (χ1n) is 6.29. The minimum atomic E-state index is -3.39. The van der Waals surface area contributed by atoms with Crippen LogP contribution in [0.1, 0.15) is 19.8 Å². The third kappa shape index (κ3) is 3.12. The van der Waals surface area contributed by atoms with Crippen LogP contribution in [0.15, 0.2) is 27.6 Å². The van der Waals surface area contributed by atoms with Crippen LogP contribution >= 0.6 is 15.9 Å². The van der Waals surface area contributed by atoms with Crippen molar-refractivity contribution >= 4 is 26.0 Å². The van der Waals surface area contributed by atoms with E-state index >= 15 is 0 Å². The fraction of sp³-hybridized carbons (Fsp3) is 0.538. The Morgan fingerprint density at radius 1 is 1.42 bits per heavy atom. The van der Waals surface area contributed by atoms with E-state index < -0.39 is 10.0 Å². The molecule has 1 heterocycles. The van der Waals surface area contributed by atoms with Gasteiger partial charge in [-0.25, -0.2) is 8.42 Å². The summed E-state index contributed by atoms with van der Waals surface area (Å²) in [6.07, 6.45) is 2.02. The molecular formula is C13H18BrNO3S. The van der Waals surface area contributed by atoms with Crippen LogP contribution in [0.2, 0.25) is 0 Å². The summed E-state index contributed by atoms with van der Waals surface area (Å²) in [5.74, 6) is 1.05. The van der Waals surface area contributed by atoms with Crippen molar-refractivity contribution in [3.63, 3.8) is 0 Å². The Hall–Kier alpha value is -0.590. The predicted octanol–water partition coefficient (Wildman–Crippen LogP) is 2.88. The molecule has 4 nitrogen and oxygen atoms in total. The van der Waals surface area contributed by atoms with E-state index in [9.17, 15) is 8.42 Å². The van der Waals surface area contributed by atoms with Crippen LogP contribution in [-0.2, 0) is 10.0 Å². The highest BCUT2D eigenvalue weighted by Gasteiger charge is 2.28. The van der Waals surface area contributed by atoms with Crippen LogP contribution in [0.4, 0.5) is 0 Å². The van der Waals surface area contributed by atoms with E-state index in [4.69, 9.17) is 4.74 Å². The number of benzene rings is 1. The zero-order valence-corrected chi connectivity index (χ0v) is 13.5. The maximum atomic E-state index is 12.5. The minimum Gasteiger partial charge on any atom is -0.496 e. The van der Waals surface area contributed by atoms with Crippen molar-refractivity contribution < 1.29 is 13.2 Å². The Kier molecular flexibility index (Phi) is 4.53. The number of sulfonamides is 1. The lowest BCUT2D eigenvalue weighted by molar-refractivity contribution is 0.281. The molecule has 19 heavy (non-hydrogen) atoms. The molecule has 2 rings (SSSR count). The molecule has 106 valence electrons. The molecule has 1 saturated heterocycles. The third-order valence-electron chi connectivity index (χ3n) is 3.38. The molecule has 1 aromatic carbocycles. The fourth-order valence-electron chi connectivity index (χ4n) is 2.32. The van der Waals surface area contributed by atoms with Gasteiger partial charge in [-0.2, -0.15) is 4.31 Å². The van der Waals surface area contributed by atoms with E-state index in [0.29, 0.717) is 34.1 Å². The monoisotopic (exact) mass is 347 g/mol. The Morgan fingerprint density at radius 2 is 2.16 bits per heavy atom. The van der Waals surface area contributed by atoms with Crippen molar-refractivity contribution in [2.75, 3.05) is 20.2 Å². The molecule has 0 amide bonds. The van der Waals surface area contributed by atoms with E-state index in [1.165, 1.54) is 0 Å². The maximum Gasteiger partial charge on any atom is 0.243 e. The highest BCUT2D eigenvalue weighted by molar-refractivity contribution is 9.10. The summed E-state index contributed by atoms with van der Waals surface area (Å²) in [4.78, 5) is 0.314. The normalized spacial score (nSPS) is 21.3. The zero-order valence-electron chi connectivity index (χ0n) is 11.1. The largest absolute Gasteiger partial charge is 0.496 e. The quantitative estimate of drug-likeness (QED) is 0.844. The highest BCUT2D eigenvalue weighted by Crippen LogP contribution is 2.30. The lowest BCUT2D eigenvalue weighted by Gasteiger charge is -2.30. The maximum absolute atomic E-state index is 12.5. The van der Waals surface area contributed by atoms with Gasteiger partial charge in [0.05, 0.1) is 16.5 Å². The van der Waals surface area contributed by atoms with Gasteiger partial charge in [-0.1, -0.05) is 6.92 Å². The lowest BCUT2D eigenvalue weighted by atomic mass is 10.0. The van der Waals surface area contributed by atoms with Crippen molar-refractivity contribution in [1.82, 2.24) is 4.31 Å². The number of nitrogens with zero attached hydrogens (tertiary/aromatic N) is 1. The van der Waals surface area contributed by atoms with Gasteiger partial charge in [0, 0.05) is 13.1 Å². The minimum absolute atomic E-state index is 0.314. The van der Waals surface area contributed by atoms with Crippen LogP contribution in [0.25, 0.3) is 0 Å². The number of ether oxygens (including phenoxy) is 1. The molecule has 1 fully saturated rings. The average Bonchev–Trinajstić information content (AvgIpc) is 2.38. The summed E-state index contributed by atoms with van der Waals surface area (Å²) >= 11 is 3.33. The lowest BCUT2D eigenvalue weighted by Crippen LogP contribution is -2.39. The second kappa shape index (κ2) is 5.81. The second-order valence-corrected chi connectivity index (χ2v) is 7.70. The number of hydrogen-bond acceptors (Lipinski definition) is 3.